The SMILES string of the molecule is Cc1c(N=C(N)N)ccc(C(=O)O)c1-c1ccc2cc(C(=N)N)ccc2c1. The van der Waals surface area contributed by atoms with E-state index in [1.54, 1.807) is 19.1 Å². The van der Waals surface area contributed by atoms with Crippen molar-refractivity contribution in [1.82, 2.24) is 0 Å². The molecule has 3 aromatic carbocycles. The highest BCUT2D eigenvalue weighted by atomic mass is 16.4. The Morgan fingerprint density at radius 3 is 2.30 bits per heavy atom. The number of fused-ring (bicyclic) bond motifs is 1. The van der Waals surface area contributed by atoms with Gasteiger partial charge in [-0.15, -0.1) is 0 Å². The molecule has 7 heteroatoms. The first-order chi connectivity index (χ1) is 12.8. The smallest absolute Gasteiger partial charge is 0.336 e. The maximum Gasteiger partial charge on any atom is 0.336 e. The van der Waals surface area contributed by atoms with Crippen molar-refractivity contribution in [1.29, 1.82) is 5.41 Å². The molecule has 0 aromatic heterocycles. The van der Waals surface area contributed by atoms with Crippen LogP contribution >= 0.6 is 0 Å². The molecule has 8 N–H and O–H groups in total. The second-order valence-corrected chi connectivity index (χ2v) is 6.16. The second-order valence-electron chi connectivity index (χ2n) is 6.16. The highest BCUT2D eigenvalue weighted by Gasteiger charge is 2.17. The number of carbonyl (C=O) groups is 1. The van der Waals surface area contributed by atoms with E-state index in [-0.39, 0.29) is 17.4 Å². The monoisotopic (exact) mass is 361 g/mol. The zero-order valence-electron chi connectivity index (χ0n) is 14.7. The third-order valence-electron chi connectivity index (χ3n) is 4.36. The van der Waals surface area contributed by atoms with E-state index >= 15 is 0 Å². The minimum atomic E-state index is -1.03. The molecule has 0 saturated heterocycles. The average Bonchev–Trinajstić information content (AvgIpc) is 2.61. The van der Waals surface area contributed by atoms with Crippen molar-refractivity contribution in [3.8, 4) is 11.1 Å². The number of nitrogens with one attached hydrogen (secondary N) is 1. The molecule has 136 valence electrons. The van der Waals surface area contributed by atoms with Gasteiger partial charge in [0.2, 0.25) is 0 Å². The van der Waals surface area contributed by atoms with Gasteiger partial charge in [0.05, 0.1) is 11.3 Å². The summed E-state index contributed by atoms with van der Waals surface area (Å²) < 4.78 is 0. The molecule has 0 bridgehead atoms. The van der Waals surface area contributed by atoms with Crippen LogP contribution in [-0.4, -0.2) is 22.9 Å². The summed E-state index contributed by atoms with van der Waals surface area (Å²) in [5, 5.41) is 19.0. The molecule has 0 radical (unpaired) electrons. The zero-order chi connectivity index (χ0) is 19.7. The lowest BCUT2D eigenvalue weighted by atomic mass is 9.92. The number of carboxylic acid groups (broad SMARTS) is 1. The van der Waals surface area contributed by atoms with Gasteiger partial charge in [-0.2, -0.15) is 0 Å². The van der Waals surface area contributed by atoms with E-state index in [4.69, 9.17) is 22.6 Å². The van der Waals surface area contributed by atoms with Gasteiger partial charge in [-0.3, -0.25) is 5.41 Å². The minimum absolute atomic E-state index is 0.00470. The molecule has 7 nitrogen and oxygen atoms in total. The highest BCUT2D eigenvalue weighted by molar-refractivity contribution is 6.02. The van der Waals surface area contributed by atoms with Gasteiger partial charge < -0.3 is 22.3 Å². The standard InChI is InChI=1S/C20H19N5O2/c1-10-16(25-20(23)24)7-6-15(19(26)27)17(10)13-4-2-12-9-14(18(21)22)5-3-11(12)8-13/h2-9H,1H3,(H3,21,22)(H,26,27)(H4,23,24,25). The quantitative estimate of drug-likeness (QED) is 0.357. The van der Waals surface area contributed by atoms with Crippen LogP contribution in [0.25, 0.3) is 21.9 Å². The van der Waals surface area contributed by atoms with E-state index in [1.807, 2.05) is 30.3 Å². The van der Waals surface area contributed by atoms with Crippen molar-refractivity contribution in [2.75, 3.05) is 0 Å². The first-order valence-corrected chi connectivity index (χ1v) is 8.13. The number of amidine groups is 1. The van der Waals surface area contributed by atoms with Gasteiger partial charge in [0.15, 0.2) is 5.96 Å². The molecule has 0 saturated carbocycles. The van der Waals surface area contributed by atoms with Gasteiger partial charge in [-0.1, -0.05) is 24.3 Å². The molecule has 0 aliphatic carbocycles. The minimum Gasteiger partial charge on any atom is -0.478 e. The first kappa shape index (κ1) is 17.9. The third kappa shape index (κ3) is 3.43. The zero-order valence-corrected chi connectivity index (χ0v) is 14.7. The van der Waals surface area contributed by atoms with Crippen molar-refractivity contribution in [3.63, 3.8) is 0 Å². The lowest BCUT2D eigenvalue weighted by Crippen LogP contribution is -2.22. The van der Waals surface area contributed by atoms with Crippen LogP contribution < -0.4 is 17.2 Å². The van der Waals surface area contributed by atoms with Crippen LogP contribution in [0.15, 0.2) is 53.5 Å². The van der Waals surface area contributed by atoms with Crippen LogP contribution in [0.5, 0.6) is 0 Å². The third-order valence-corrected chi connectivity index (χ3v) is 4.36. The van der Waals surface area contributed by atoms with Crippen molar-refractivity contribution in [2.45, 2.75) is 6.92 Å². The number of hydrogen-bond acceptors (Lipinski definition) is 3. The molecule has 3 aromatic rings. The van der Waals surface area contributed by atoms with Crippen LogP contribution in [0.3, 0.4) is 0 Å². The molecule has 0 unspecified atom stereocenters. The summed E-state index contributed by atoms with van der Waals surface area (Å²) in [6.45, 7) is 1.78. The molecular formula is C20H19N5O2. The van der Waals surface area contributed by atoms with Gasteiger partial charge in [-0.05, 0) is 53.1 Å². The van der Waals surface area contributed by atoms with Crippen LogP contribution in [0, 0.1) is 12.3 Å². The number of nitrogens with zero attached hydrogens (tertiary/aromatic N) is 1. The molecule has 27 heavy (non-hydrogen) atoms. The van der Waals surface area contributed by atoms with E-state index in [1.165, 1.54) is 6.07 Å². The van der Waals surface area contributed by atoms with Crippen molar-refractivity contribution in [3.05, 3.63) is 65.2 Å². The molecule has 0 aliphatic heterocycles. The number of hydrogen-bond donors (Lipinski definition) is 5. The normalized spacial score (nSPS) is 10.6. The summed E-state index contributed by atoms with van der Waals surface area (Å²) in [4.78, 5) is 15.8. The van der Waals surface area contributed by atoms with E-state index in [0.717, 1.165) is 16.3 Å². The first-order valence-electron chi connectivity index (χ1n) is 8.13. The lowest BCUT2D eigenvalue weighted by Gasteiger charge is -2.14. The maximum atomic E-state index is 11.7. The Hall–Kier alpha value is -3.87. The van der Waals surface area contributed by atoms with Gasteiger partial charge in [-0.25, -0.2) is 9.79 Å². The number of aliphatic imine (C=N–C) groups is 1. The van der Waals surface area contributed by atoms with Gasteiger partial charge in [0.1, 0.15) is 5.84 Å². The fourth-order valence-electron chi connectivity index (χ4n) is 3.08. The Balaban J connectivity index is 2.25. The Morgan fingerprint density at radius 1 is 1.00 bits per heavy atom. The molecule has 0 heterocycles. The topological polar surface area (TPSA) is 152 Å². The van der Waals surface area contributed by atoms with Crippen LogP contribution in [0.1, 0.15) is 21.5 Å². The number of guanidine groups is 1. The van der Waals surface area contributed by atoms with Gasteiger partial charge in [0, 0.05) is 11.1 Å². The summed E-state index contributed by atoms with van der Waals surface area (Å²) in [7, 11) is 0. The van der Waals surface area contributed by atoms with Crippen molar-refractivity contribution < 1.29 is 9.90 Å². The fraction of sp³-hybridized carbons (Fsp3) is 0.0500. The lowest BCUT2D eigenvalue weighted by molar-refractivity contribution is 0.0697. The second kappa shape index (κ2) is 6.80. The number of aromatic carboxylic acids is 1. The van der Waals surface area contributed by atoms with Gasteiger partial charge >= 0.3 is 5.97 Å². The van der Waals surface area contributed by atoms with E-state index < -0.39 is 5.97 Å². The Bertz CT molecular complexity index is 1110. The summed E-state index contributed by atoms with van der Waals surface area (Å²) in [5.41, 5.74) is 19.8. The molecule has 0 spiro atoms. The van der Waals surface area contributed by atoms with Crippen LogP contribution in [0.4, 0.5) is 5.69 Å². The fourth-order valence-corrected chi connectivity index (χ4v) is 3.08. The number of benzene rings is 3. The molecule has 0 amide bonds. The van der Waals surface area contributed by atoms with E-state index in [9.17, 15) is 9.90 Å². The predicted molar refractivity (Wildman–Crippen MR) is 108 cm³/mol. The number of nitrogen functional groups attached to an aromatic ring is 1. The maximum absolute atomic E-state index is 11.7. The molecular weight excluding hydrogens is 342 g/mol. The highest BCUT2D eigenvalue weighted by Crippen LogP contribution is 2.35. The number of nitrogens with two attached hydrogens (primary N) is 3. The molecule has 0 fully saturated rings. The largest absolute Gasteiger partial charge is 0.478 e. The van der Waals surface area contributed by atoms with Crippen molar-refractivity contribution in [2.24, 2.45) is 22.2 Å². The van der Waals surface area contributed by atoms with E-state index in [0.29, 0.717) is 22.4 Å². The Morgan fingerprint density at radius 2 is 1.67 bits per heavy atom. The van der Waals surface area contributed by atoms with Crippen molar-refractivity contribution >= 4 is 34.2 Å². The Kier molecular flexibility index (Phi) is 4.51. The predicted octanol–water partition coefficient (Wildman–Crippen LogP) is 2.70. The van der Waals surface area contributed by atoms with E-state index in [2.05, 4.69) is 4.99 Å². The summed E-state index contributed by atoms with van der Waals surface area (Å²) in [6, 6.07) is 14.1. The summed E-state index contributed by atoms with van der Waals surface area (Å²) in [6.07, 6.45) is 0. The number of rotatable bonds is 4. The summed E-state index contributed by atoms with van der Waals surface area (Å²) in [5.74, 6) is -1.13. The number of carboxylic acids is 1. The average molecular weight is 361 g/mol. The molecule has 3 rings (SSSR count). The van der Waals surface area contributed by atoms with Crippen LogP contribution in [0.2, 0.25) is 0 Å². The Labute approximate surface area is 155 Å². The summed E-state index contributed by atoms with van der Waals surface area (Å²) >= 11 is 0. The van der Waals surface area contributed by atoms with Gasteiger partial charge in [0.25, 0.3) is 0 Å². The molecule has 0 aliphatic rings. The van der Waals surface area contributed by atoms with Crippen LogP contribution in [-0.2, 0) is 0 Å². The molecule has 0 atom stereocenters.